The summed E-state index contributed by atoms with van der Waals surface area (Å²) in [5.41, 5.74) is 5.37. The second-order valence-electron chi connectivity index (χ2n) is 6.81. The lowest BCUT2D eigenvalue weighted by Crippen LogP contribution is -2.45. The van der Waals surface area contributed by atoms with E-state index in [9.17, 15) is 4.79 Å². The summed E-state index contributed by atoms with van der Waals surface area (Å²) in [6, 6.07) is 3.63. The van der Waals surface area contributed by atoms with E-state index in [4.69, 9.17) is 27.5 Å². The Hall–Kier alpha value is -1.90. The molecule has 0 bridgehead atoms. The van der Waals surface area contributed by atoms with Gasteiger partial charge in [-0.15, -0.1) is 6.42 Å². The number of aryl methyl sites for hydroxylation is 1. The zero-order chi connectivity index (χ0) is 18.7. The SMILES string of the molecule is C#CCOc1cc(N2NC3CCCCC3C2C(=O)OCC)c(C)cc1Cl. The fourth-order valence-corrected chi connectivity index (χ4v) is 4.28. The Bertz CT molecular complexity index is 716. The molecule has 1 heterocycles. The third kappa shape index (κ3) is 3.62. The number of carbonyl (C=O) groups excluding carboxylic acids is 1. The van der Waals surface area contributed by atoms with Gasteiger partial charge in [-0.2, -0.15) is 0 Å². The molecule has 2 fully saturated rings. The summed E-state index contributed by atoms with van der Waals surface area (Å²) in [7, 11) is 0. The van der Waals surface area contributed by atoms with Gasteiger partial charge in [0.15, 0.2) is 0 Å². The van der Waals surface area contributed by atoms with Crippen molar-refractivity contribution in [2.75, 3.05) is 18.2 Å². The van der Waals surface area contributed by atoms with Crippen LogP contribution in [0.4, 0.5) is 5.69 Å². The van der Waals surface area contributed by atoms with Gasteiger partial charge in [-0.05, 0) is 38.3 Å². The van der Waals surface area contributed by atoms with E-state index in [-0.39, 0.29) is 30.6 Å². The Morgan fingerprint density at radius 3 is 2.92 bits per heavy atom. The molecule has 3 rings (SSSR count). The summed E-state index contributed by atoms with van der Waals surface area (Å²) in [6.07, 6.45) is 9.68. The molecule has 0 spiro atoms. The van der Waals surface area contributed by atoms with Gasteiger partial charge in [0, 0.05) is 18.0 Å². The maximum Gasteiger partial charge on any atom is 0.330 e. The number of nitrogens with zero attached hydrogens (tertiary/aromatic N) is 1. The molecule has 2 aliphatic rings. The van der Waals surface area contributed by atoms with Gasteiger partial charge < -0.3 is 9.47 Å². The van der Waals surface area contributed by atoms with Crippen LogP contribution >= 0.6 is 11.6 Å². The van der Waals surface area contributed by atoms with Crippen LogP contribution in [0.3, 0.4) is 0 Å². The largest absolute Gasteiger partial charge is 0.479 e. The van der Waals surface area contributed by atoms with Crippen LogP contribution in [0.1, 0.15) is 38.2 Å². The zero-order valence-corrected chi connectivity index (χ0v) is 16.0. The summed E-state index contributed by atoms with van der Waals surface area (Å²) >= 11 is 6.29. The first-order chi connectivity index (χ1) is 12.6. The zero-order valence-electron chi connectivity index (χ0n) is 15.3. The molecule has 0 amide bonds. The average Bonchev–Trinajstić information content (AvgIpc) is 3.00. The van der Waals surface area contributed by atoms with Crippen LogP contribution < -0.4 is 15.2 Å². The summed E-state index contributed by atoms with van der Waals surface area (Å²) in [5, 5.41) is 2.46. The Kier molecular flexibility index (Phi) is 5.95. The van der Waals surface area contributed by atoms with E-state index in [0.717, 1.165) is 30.5 Å². The molecule has 1 N–H and O–H groups in total. The van der Waals surface area contributed by atoms with Crippen molar-refractivity contribution in [3.8, 4) is 18.1 Å². The molecule has 1 aliphatic carbocycles. The lowest BCUT2D eigenvalue weighted by atomic mass is 9.81. The van der Waals surface area contributed by atoms with Crippen LogP contribution in [-0.4, -0.2) is 31.3 Å². The Morgan fingerprint density at radius 2 is 2.19 bits per heavy atom. The number of carbonyl (C=O) groups is 1. The smallest absolute Gasteiger partial charge is 0.330 e. The second kappa shape index (κ2) is 8.20. The maximum absolute atomic E-state index is 12.7. The molecular weight excluding hydrogens is 352 g/mol. The molecule has 0 aromatic heterocycles. The summed E-state index contributed by atoms with van der Waals surface area (Å²) in [6.45, 7) is 4.32. The molecule has 1 aliphatic heterocycles. The summed E-state index contributed by atoms with van der Waals surface area (Å²) < 4.78 is 10.9. The topological polar surface area (TPSA) is 50.8 Å². The van der Waals surface area contributed by atoms with Gasteiger partial charge in [0.2, 0.25) is 0 Å². The van der Waals surface area contributed by atoms with Crippen molar-refractivity contribution >= 4 is 23.3 Å². The van der Waals surface area contributed by atoms with E-state index in [1.165, 1.54) is 6.42 Å². The Morgan fingerprint density at radius 1 is 1.42 bits per heavy atom. The van der Waals surface area contributed by atoms with E-state index in [1.54, 1.807) is 0 Å². The van der Waals surface area contributed by atoms with E-state index in [0.29, 0.717) is 17.4 Å². The van der Waals surface area contributed by atoms with E-state index in [2.05, 4.69) is 11.3 Å². The number of hydrogen-bond acceptors (Lipinski definition) is 5. The Labute approximate surface area is 159 Å². The number of benzene rings is 1. The number of fused-ring (bicyclic) bond motifs is 1. The van der Waals surface area contributed by atoms with Crippen molar-refractivity contribution in [1.29, 1.82) is 0 Å². The highest BCUT2D eigenvalue weighted by molar-refractivity contribution is 6.32. The third-order valence-corrected chi connectivity index (χ3v) is 5.45. The molecular formula is C20H25ClN2O3. The van der Waals surface area contributed by atoms with Gasteiger partial charge in [-0.25, -0.2) is 10.2 Å². The van der Waals surface area contributed by atoms with Gasteiger partial charge in [0.05, 0.1) is 17.3 Å². The van der Waals surface area contributed by atoms with Gasteiger partial charge in [-0.1, -0.05) is 30.4 Å². The fraction of sp³-hybridized carbons (Fsp3) is 0.550. The number of terminal acetylenes is 1. The molecule has 3 atom stereocenters. The van der Waals surface area contributed by atoms with Crippen LogP contribution in [0.5, 0.6) is 5.75 Å². The van der Waals surface area contributed by atoms with Gasteiger partial charge in [0.25, 0.3) is 0 Å². The van der Waals surface area contributed by atoms with Crippen LogP contribution in [0.15, 0.2) is 12.1 Å². The molecule has 3 unspecified atom stereocenters. The number of hydrogen-bond donors (Lipinski definition) is 1. The first-order valence-electron chi connectivity index (χ1n) is 9.15. The maximum atomic E-state index is 12.7. The first-order valence-corrected chi connectivity index (χ1v) is 9.53. The van der Waals surface area contributed by atoms with Gasteiger partial charge >= 0.3 is 5.97 Å². The minimum Gasteiger partial charge on any atom is -0.479 e. The highest BCUT2D eigenvalue weighted by Gasteiger charge is 2.47. The fourth-order valence-electron chi connectivity index (χ4n) is 4.01. The van der Waals surface area contributed by atoms with Crippen LogP contribution in [0, 0.1) is 25.2 Å². The van der Waals surface area contributed by atoms with Crippen LogP contribution in [-0.2, 0) is 9.53 Å². The average molecular weight is 377 g/mol. The third-order valence-electron chi connectivity index (χ3n) is 5.16. The lowest BCUT2D eigenvalue weighted by Gasteiger charge is -2.29. The predicted molar refractivity (Wildman–Crippen MR) is 102 cm³/mol. The van der Waals surface area contributed by atoms with E-state index >= 15 is 0 Å². The minimum atomic E-state index is -0.347. The molecule has 6 heteroatoms. The normalized spacial score (nSPS) is 24.7. The number of rotatable bonds is 5. The number of halogens is 1. The molecule has 1 aromatic rings. The molecule has 0 radical (unpaired) electrons. The lowest BCUT2D eigenvalue weighted by molar-refractivity contribution is -0.145. The second-order valence-corrected chi connectivity index (χ2v) is 7.22. The van der Waals surface area contributed by atoms with Crippen molar-refractivity contribution in [3.63, 3.8) is 0 Å². The van der Waals surface area contributed by atoms with Crippen LogP contribution in [0.2, 0.25) is 5.02 Å². The Balaban J connectivity index is 1.97. The number of anilines is 1. The number of nitrogens with one attached hydrogen (secondary N) is 1. The molecule has 140 valence electrons. The van der Waals surface area contributed by atoms with Gasteiger partial charge in [-0.3, -0.25) is 5.01 Å². The van der Waals surface area contributed by atoms with Crippen molar-refractivity contribution in [3.05, 3.63) is 22.7 Å². The predicted octanol–water partition coefficient (Wildman–Crippen LogP) is 3.48. The quantitative estimate of drug-likeness (QED) is 0.630. The number of ether oxygens (including phenoxy) is 2. The van der Waals surface area contributed by atoms with Crippen molar-refractivity contribution < 1.29 is 14.3 Å². The van der Waals surface area contributed by atoms with Crippen molar-refractivity contribution in [2.24, 2.45) is 5.92 Å². The van der Waals surface area contributed by atoms with E-state index in [1.807, 2.05) is 31.0 Å². The highest BCUT2D eigenvalue weighted by Crippen LogP contribution is 2.40. The molecule has 1 saturated heterocycles. The van der Waals surface area contributed by atoms with E-state index < -0.39 is 0 Å². The molecule has 5 nitrogen and oxygen atoms in total. The number of esters is 1. The molecule has 1 aromatic carbocycles. The monoisotopic (exact) mass is 376 g/mol. The highest BCUT2D eigenvalue weighted by atomic mass is 35.5. The summed E-state index contributed by atoms with van der Waals surface area (Å²) in [4.78, 5) is 12.7. The number of hydrazine groups is 1. The standard InChI is InChI=1S/C20H25ClN2O3/c1-4-10-26-18-12-17(13(3)11-15(18)21)23-19(20(24)25-5-2)14-8-6-7-9-16(14)22-23/h1,11-12,14,16,19,22H,5-10H2,2-3H3. The van der Waals surface area contributed by atoms with Crippen molar-refractivity contribution in [2.45, 2.75) is 51.6 Å². The summed E-state index contributed by atoms with van der Waals surface area (Å²) in [5.74, 6) is 3.02. The minimum absolute atomic E-state index is 0.141. The first kappa shape index (κ1) is 18.9. The van der Waals surface area contributed by atoms with Crippen LogP contribution in [0.25, 0.3) is 0 Å². The van der Waals surface area contributed by atoms with Crippen molar-refractivity contribution in [1.82, 2.24) is 5.43 Å². The van der Waals surface area contributed by atoms with Gasteiger partial charge in [0.1, 0.15) is 18.4 Å². The molecule has 1 saturated carbocycles. The molecule has 26 heavy (non-hydrogen) atoms.